The van der Waals surface area contributed by atoms with Crippen molar-refractivity contribution in [3.8, 4) is 0 Å². The van der Waals surface area contributed by atoms with Crippen LogP contribution in [0, 0.1) is 5.41 Å². The zero-order chi connectivity index (χ0) is 15.0. The summed E-state index contributed by atoms with van der Waals surface area (Å²) in [5.74, 6) is 0.381. The number of nitrogens with one attached hydrogen (secondary N) is 1. The lowest BCUT2D eigenvalue weighted by atomic mass is 9.76. The average Bonchev–Trinajstić information content (AvgIpc) is 3.08. The Morgan fingerprint density at radius 1 is 1.33 bits per heavy atom. The Labute approximate surface area is 123 Å². The first-order chi connectivity index (χ1) is 10.1. The molecule has 0 bridgehead atoms. The largest absolute Gasteiger partial charge is 0.300 e. The van der Waals surface area contributed by atoms with Crippen LogP contribution in [0.1, 0.15) is 55.5 Å². The summed E-state index contributed by atoms with van der Waals surface area (Å²) in [4.78, 5) is 24.5. The summed E-state index contributed by atoms with van der Waals surface area (Å²) in [5.41, 5.74) is 2.87. The van der Waals surface area contributed by atoms with Crippen LogP contribution in [-0.4, -0.2) is 27.0 Å². The summed E-state index contributed by atoms with van der Waals surface area (Å²) in [5, 5.41) is 10.9. The minimum atomic E-state index is -0.444. The van der Waals surface area contributed by atoms with Gasteiger partial charge in [-0.05, 0) is 37.0 Å². The zero-order valence-corrected chi connectivity index (χ0v) is 12.4. The maximum Gasteiger partial charge on any atom is 0.169 e. The van der Waals surface area contributed by atoms with E-state index < -0.39 is 5.41 Å². The Hall–Kier alpha value is -2.04. The summed E-state index contributed by atoms with van der Waals surface area (Å²) in [6.45, 7) is 3.89. The fourth-order valence-corrected chi connectivity index (χ4v) is 3.28. The number of H-pyrrole nitrogens is 1. The van der Waals surface area contributed by atoms with E-state index in [4.69, 9.17) is 0 Å². The molecule has 1 aromatic heterocycles. The van der Waals surface area contributed by atoms with Gasteiger partial charge in [0.25, 0.3) is 0 Å². The zero-order valence-electron chi connectivity index (χ0n) is 12.4. The third-order valence-electron chi connectivity index (χ3n) is 4.79. The second-order valence-electron chi connectivity index (χ2n) is 5.82. The molecule has 2 aromatic rings. The monoisotopic (exact) mass is 285 g/mol. The van der Waals surface area contributed by atoms with Gasteiger partial charge in [0, 0.05) is 23.8 Å². The van der Waals surface area contributed by atoms with Crippen molar-refractivity contribution in [3.63, 3.8) is 0 Å². The molecule has 5 heteroatoms. The van der Waals surface area contributed by atoms with Gasteiger partial charge >= 0.3 is 0 Å². The first-order valence-corrected chi connectivity index (χ1v) is 7.50. The number of carbonyl (C=O) groups is 2. The van der Waals surface area contributed by atoms with Crippen LogP contribution in [0.3, 0.4) is 0 Å². The topological polar surface area (TPSA) is 75.7 Å². The normalized spacial score (nSPS) is 21.0. The summed E-state index contributed by atoms with van der Waals surface area (Å²) < 4.78 is 0. The number of nitrogens with zero attached hydrogens (tertiary/aromatic N) is 2. The Bertz CT molecular complexity index is 719. The molecule has 0 spiro atoms. The predicted molar refractivity (Wildman–Crippen MR) is 79.2 cm³/mol. The van der Waals surface area contributed by atoms with Crippen molar-refractivity contribution in [2.24, 2.45) is 5.41 Å². The number of hydrogen-bond acceptors (Lipinski definition) is 4. The van der Waals surface area contributed by atoms with Gasteiger partial charge in [0.1, 0.15) is 16.8 Å². The van der Waals surface area contributed by atoms with Gasteiger partial charge in [-0.1, -0.05) is 13.8 Å². The maximum absolute atomic E-state index is 12.8. The molecule has 1 aromatic carbocycles. The number of rotatable bonds is 5. The predicted octanol–water partition coefficient (Wildman–Crippen LogP) is 2.85. The standard InChI is InChI=1S/C16H19N3O2/c1-3-10(20)7-8-16(4-2)9-12-11(15(16)21)5-6-13-14(12)18-19-17-13/h5-6H,3-4,7-9H2,1-2H3,(H,17,18,19). The number of hydrogen-bond donors (Lipinski definition) is 1. The van der Waals surface area contributed by atoms with Crippen LogP contribution in [-0.2, 0) is 11.2 Å². The fourth-order valence-electron chi connectivity index (χ4n) is 3.28. The molecular formula is C16H19N3O2. The lowest BCUT2D eigenvalue weighted by Crippen LogP contribution is -2.28. The molecule has 1 aliphatic rings. The highest BCUT2D eigenvalue weighted by atomic mass is 16.1. The summed E-state index contributed by atoms with van der Waals surface area (Å²) >= 11 is 0. The van der Waals surface area contributed by atoms with Crippen LogP contribution in [0.5, 0.6) is 0 Å². The van der Waals surface area contributed by atoms with Gasteiger partial charge in [-0.15, -0.1) is 0 Å². The van der Waals surface area contributed by atoms with Crippen LogP contribution in [0.4, 0.5) is 0 Å². The molecule has 0 radical (unpaired) electrons. The van der Waals surface area contributed by atoms with E-state index in [2.05, 4.69) is 15.4 Å². The summed E-state index contributed by atoms with van der Waals surface area (Å²) in [6.07, 6.45) is 3.05. The van der Waals surface area contributed by atoms with Crippen LogP contribution < -0.4 is 0 Å². The lowest BCUT2D eigenvalue weighted by Gasteiger charge is -2.25. The minimum Gasteiger partial charge on any atom is -0.300 e. The van der Waals surface area contributed by atoms with Crippen molar-refractivity contribution < 1.29 is 9.59 Å². The second kappa shape index (κ2) is 5.06. The third kappa shape index (κ3) is 2.07. The molecule has 3 rings (SSSR count). The van der Waals surface area contributed by atoms with Gasteiger partial charge in [0.15, 0.2) is 5.78 Å². The Morgan fingerprint density at radius 3 is 2.86 bits per heavy atom. The summed E-state index contributed by atoms with van der Waals surface area (Å²) in [7, 11) is 0. The van der Waals surface area contributed by atoms with Crippen LogP contribution in [0.25, 0.3) is 11.0 Å². The second-order valence-corrected chi connectivity index (χ2v) is 5.82. The van der Waals surface area contributed by atoms with Gasteiger partial charge in [0.2, 0.25) is 0 Å². The van der Waals surface area contributed by atoms with Gasteiger partial charge in [-0.25, -0.2) is 0 Å². The molecule has 0 saturated carbocycles. The Morgan fingerprint density at radius 2 is 2.14 bits per heavy atom. The molecule has 0 saturated heterocycles. The number of aromatic amines is 1. The highest BCUT2D eigenvalue weighted by Gasteiger charge is 2.44. The quantitative estimate of drug-likeness (QED) is 0.916. The lowest BCUT2D eigenvalue weighted by molar-refractivity contribution is -0.119. The molecule has 21 heavy (non-hydrogen) atoms. The van der Waals surface area contributed by atoms with E-state index in [1.807, 2.05) is 26.0 Å². The van der Waals surface area contributed by atoms with Crippen molar-refractivity contribution in [3.05, 3.63) is 23.3 Å². The Balaban J connectivity index is 1.98. The molecule has 0 fully saturated rings. The number of carbonyl (C=O) groups excluding carboxylic acids is 2. The van der Waals surface area contributed by atoms with Crippen LogP contribution >= 0.6 is 0 Å². The van der Waals surface area contributed by atoms with Crippen molar-refractivity contribution in [1.29, 1.82) is 0 Å². The first kappa shape index (κ1) is 13.9. The average molecular weight is 285 g/mol. The molecule has 1 N–H and O–H groups in total. The van der Waals surface area contributed by atoms with E-state index in [9.17, 15) is 9.59 Å². The molecule has 0 amide bonds. The molecule has 110 valence electrons. The SMILES string of the molecule is CCC(=O)CCC1(CC)Cc2c(ccc3n[nH]nc23)C1=O. The minimum absolute atomic E-state index is 0.161. The van der Waals surface area contributed by atoms with Gasteiger partial charge in [-0.3, -0.25) is 9.59 Å². The van der Waals surface area contributed by atoms with Gasteiger partial charge in [-0.2, -0.15) is 15.4 Å². The number of benzene rings is 1. The number of ketones is 2. The molecule has 0 aliphatic heterocycles. The molecule has 1 atom stereocenters. The molecule has 1 heterocycles. The Kier molecular flexibility index (Phi) is 3.35. The maximum atomic E-state index is 12.8. The summed E-state index contributed by atoms with van der Waals surface area (Å²) in [6, 6.07) is 3.68. The fraction of sp³-hybridized carbons (Fsp3) is 0.500. The molecular weight excluding hydrogens is 266 g/mol. The van der Waals surface area contributed by atoms with Gasteiger partial charge in [0.05, 0.1) is 0 Å². The van der Waals surface area contributed by atoms with Crippen molar-refractivity contribution in [1.82, 2.24) is 15.4 Å². The van der Waals surface area contributed by atoms with E-state index in [0.29, 0.717) is 25.7 Å². The molecule has 5 nitrogen and oxygen atoms in total. The van der Waals surface area contributed by atoms with Crippen LogP contribution in [0.2, 0.25) is 0 Å². The number of fused-ring (bicyclic) bond motifs is 3. The van der Waals surface area contributed by atoms with E-state index >= 15 is 0 Å². The van der Waals surface area contributed by atoms with Crippen LogP contribution in [0.15, 0.2) is 12.1 Å². The molecule has 1 unspecified atom stereocenters. The first-order valence-electron chi connectivity index (χ1n) is 7.50. The third-order valence-corrected chi connectivity index (χ3v) is 4.79. The van der Waals surface area contributed by atoms with Crippen molar-refractivity contribution >= 4 is 22.6 Å². The highest BCUT2D eigenvalue weighted by molar-refractivity contribution is 6.08. The molecule has 1 aliphatic carbocycles. The highest BCUT2D eigenvalue weighted by Crippen LogP contribution is 2.44. The van der Waals surface area contributed by atoms with E-state index in [1.165, 1.54) is 0 Å². The van der Waals surface area contributed by atoms with Gasteiger partial charge < -0.3 is 0 Å². The van der Waals surface area contributed by atoms with E-state index in [1.54, 1.807) is 0 Å². The van der Waals surface area contributed by atoms with E-state index in [-0.39, 0.29) is 11.6 Å². The number of Topliss-reactive ketones (excluding diaryl/α,β-unsaturated/α-hetero) is 2. The smallest absolute Gasteiger partial charge is 0.169 e. The van der Waals surface area contributed by atoms with E-state index in [0.717, 1.165) is 28.6 Å². The number of aromatic nitrogens is 3. The van der Waals surface area contributed by atoms with Crippen molar-refractivity contribution in [2.45, 2.75) is 46.0 Å². The van der Waals surface area contributed by atoms with Crippen molar-refractivity contribution in [2.75, 3.05) is 0 Å².